The van der Waals surface area contributed by atoms with E-state index >= 15 is 0 Å². The van der Waals surface area contributed by atoms with Gasteiger partial charge in [0.15, 0.2) is 0 Å². The summed E-state index contributed by atoms with van der Waals surface area (Å²) < 4.78 is 19.2. The van der Waals surface area contributed by atoms with Crippen LogP contribution in [0.4, 0.5) is 10.2 Å². The lowest BCUT2D eigenvalue weighted by Crippen LogP contribution is -2.48. The Morgan fingerprint density at radius 3 is 2.95 bits per heavy atom. The summed E-state index contributed by atoms with van der Waals surface area (Å²) in [7, 11) is 1.75. The standard InChI is InChI=1S/C16H26FN3O/c1-12(2)18-9-13-8-14(17)10-19-15(13)20-7-5-6-16(3,11-20)21-4/h8,10,12,18H,5-7,9,11H2,1-4H3. The Hall–Kier alpha value is -1.20. The Morgan fingerprint density at radius 2 is 2.29 bits per heavy atom. The summed E-state index contributed by atoms with van der Waals surface area (Å²) in [5, 5.41) is 3.34. The zero-order valence-electron chi connectivity index (χ0n) is 13.4. The van der Waals surface area contributed by atoms with E-state index in [1.165, 1.54) is 6.20 Å². The Kier molecular flexibility index (Phi) is 5.17. The maximum absolute atomic E-state index is 13.5. The number of aromatic nitrogens is 1. The number of hydrogen-bond acceptors (Lipinski definition) is 4. The quantitative estimate of drug-likeness (QED) is 0.906. The molecular formula is C16H26FN3O. The number of methoxy groups -OCH3 is 1. The maximum atomic E-state index is 13.5. The Balaban J connectivity index is 2.21. The predicted molar refractivity (Wildman–Crippen MR) is 83.0 cm³/mol. The topological polar surface area (TPSA) is 37.4 Å². The second-order valence-corrected chi connectivity index (χ2v) is 6.35. The molecule has 21 heavy (non-hydrogen) atoms. The Bertz CT molecular complexity index is 481. The van der Waals surface area contributed by atoms with Crippen LogP contribution in [-0.4, -0.2) is 36.8 Å². The van der Waals surface area contributed by atoms with E-state index in [1.807, 2.05) is 0 Å². The average molecular weight is 295 g/mol. The number of halogens is 1. The van der Waals surface area contributed by atoms with Gasteiger partial charge in [0.1, 0.15) is 11.6 Å². The van der Waals surface area contributed by atoms with Gasteiger partial charge in [0, 0.05) is 38.3 Å². The summed E-state index contributed by atoms with van der Waals surface area (Å²) >= 11 is 0. The van der Waals surface area contributed by atoms with Crippen molar-refractivity contribution in [1.82, 2.24) is 10.3 Å². The van der Waals surface area contributed by atoms with Crippen molar-refractivity contribution in [3.05, 3.63) is 23.6 Å². The molecule has 0 amide bonds. The Labute approximate surface area is 126 Å². The van der Waals surface area contributed by atoms with Gasteiger partial charge in [0.25, 0.3) is 0 Å². The van der Waals surface area contributed by atoms with Gasteiger partial charge in [0.05, 0.1) is 11.8 Å². The number of ether oxygens (including phenoxy) is 1. The molecule has 1 saturated heterocycles. The average Bonchev–Trinajstić information content (AvgIpc) is 2.45. The van der Waals surface area contributed by atoms with E-state index in [4.69, 9.17) is 4.74 Å². The van der Waals surface area contributed by atoms with Crippen LogP contribution in [0.5, 0.6) is 0 Å². The lowest BCUT2D eigenvalue weighted by molar-refractivity contribution is -0.00485. The number of rotatable bonds is 5. The molecule has 5 heteroatoms. The molecule has 0 saturated carbocycles. The van der Waals surface area contributed by atoms with Crippen molar-refractivity contribution in [1.29, 1.82) is 0 Å². The molecule has 0 aromatic carbocycles. The third-order valence-corrected chi connectivity index (χ3v) is 4.06. The lowest BCUT2D eigenvalue weighted by atomic mass is 9.94. The van der Waals surface area contributed by atoms with Crippen LogP contribution in [0, 0.1) is 5.82 Å². The molecule has 1 atom stereocenters. The summed E-state index contributed by atoms with van der Waals surface area (Å²) in [6, 6.07) is 1.93. The van der Waals surface area contributed by atoms with E-state index in [0.29, 0.717) is 12.6 Å². The largest absolute Gasteiger partial charge is 0.377 e. The van der Waals surface area contributed by atoms with E-state index in [0.717, 1.165) is 37.3 Å². The lowest BCUT2D eigenvalue weighted by Gasteiger charge is -2.40. The second kappa shape index (κ2) is 6.71. The highest BCUT2D eigenvalue weighted by molar-refractivity contribution is 5.48. The van der Waals surface area contributed by atoms with Crippen LogP contribution < -0.4 is 10.2 Å². The molecule has 0 radical (unpaired) electrons. The molecular weight excluding hydrogens is 269 g/mol. The second-order valence-electron chi connectivity index (χ2n) is 6.35. The van der Waals surface area contributed by atoms with Crippen molar-refractivity contribution >= 4 is 5.82 Å². The van der Waals surface area contributed by atoms with E-state index < -0.39 is 0 Å². The minimum Gasteiger partial charge on any atom is -0.377 e. The van der Waals surface area contributed by atoms with Gasteiger partial charge in [-0.1, -0.05) is 13.8 Å². The van der Waals surface area contributed by atoms with Crippen molar-refractivity contribution in [2.45, 2.75) is 51.8 Å². The number of nitrogens with zero attached hydrogens (tertiary/aromatic N) is 2. The highest BCUT2D eigenvalue weighted by atomic mass is 19.1. The fraction of sp³-hybridized carbons (Fsp3) is 0.688. The smallest absolute Gasteiger partial charge is 0.141 e. The van der Waals surface area contributed by atoms with Crippen LogP contribution in [0.3, 0.4) is 0 Å². The number of pyridine rings is 1. The van der Waals surface area contributed by atoms with Gasteiger partial charge >= 0.3 is 0 Å². The number of anilines is 1. The van der Waals surface area contributed by atoms with Crippen molar-refractivity contribution in [2.75, 3.05) is 25.1 Å². The summed E-state index contributed by atoms with van der Waals surface area (Å²) in [5.41, 5.74) is 0.751. The van der Waals surface area contributed by atoms with Crippen LogP contribution in [-0.2, 0) is 11.3 Å². The van der Waals surface area contributed by atoms with Crippen molar-refractivity contribution in [2.24, 2.45) is 0 Å². The molecule has 0 bridgehead atoms. The van der Waals surface area contributed by atoms with E-state index in [9.17, 15) is 4.39 Å². The zero-order chi connectivity index (χ0) is 15.5. The van der Waals surface area contributed by atoms with Crippen molar-refractivity contribution in [3.63, 3.8) is 0 Å². The zero-order valence-corrected chi connectivity index (χ0v) is 13.4. The van der Waals surface area contributed by atoms with Gasteiger partial charge < -0.3 is 15.0 Å². The maximum Gasteiger partial charge on any atom is 0.141 e. The highest BCUT2D eigenvalue weighted by Crippen LogP contribution is 2.29. The van der Waals surface area contributed by atoms with Crippen LogP contribution in [0.25, 0.3) is 0 Å². The molecule has 1 aliphatic heterocycles. The SMILES string of the molecule is COC1(C)CCCN(c2ncc(F)cc2CNC(C)C)C1. The molecule has 1 N–H and O–H groups in total. The normalized spacial score (nSPS) is 22.9. The molecule has 1 aromatic rings. The fourth-order valence-corrected chi connectivity index (χ4v) is 2.76. The van der Waals surface area contributed by atoms with Crippen LogP contribution in [0.1, 0.15) is 39.2 Å². The molecule has 1 fully saturated rings. The van der Waals surface area contributed by atoms with Crippen LogP contribution >= 0.6 is 0 Å². The van der Waals surface area contributed by atoms with E-state index in [2.05, 4.69) is 36.0 Å². The van der Waals surface area contributed by atoms with Crippen molar-refractivity contribution < 1.29 is 9.13 Å². The summed E-state index contributed by atoms with van der Waals surface area (Å²) in [6.07, 6.45) is 3.40. The summed E-state index contributed by atoms with van der Waals surface area (Å²) in [5.74, 6) is 0.582. The molecule has 0 aliphatic carbocycles. The first-order valence-electron chi connectivity index (χ1n) is 7.61. The summed E-state index contributed by atoms with van der Waals surface area (Å²) in [6.45, 7) is 8.63. The molecule has 1 aromatic heterocycles. The molecule has 2 rings (SSSR count). The molecule has 118 valence electrons. The third-order valence-electron chi connectivity index (χ3n) is 4.06. The van der Waals surface area contributed by atoms with Gasteiger partial charge in [-0.2, -0.15) is 0 Å². The number of hydrogen-bond donors (Lipinski definition) is 1. The van der Waals surface area contributed by atoms with Crippen LogP contribution in [0.15, 0.2) is 12.3 Å². The van der Waals surface area contributed by atoms with Gasteiger partial charge in [0.2, 0.25) is 0 Å². The number of piperidine rings is 1. The molecule has 1 aliphatic rings. The molecule has 1 unspecified atom stereocenters. The van der Waals surface area contributed by atoms with E-state index in [-0.39, 0.29) is 11.4 Å². The minimum absolute atomic E-state index is 0.156. The van der Waals surface area contributed by atoms with Crippen molar-refractivity contribution in [3.8, 4) is 0 Å². The molecule has 4 nitrogen and oxygen atoms in total. The Morgan fingerprint density at radius 1 is 1.52 bits per heavy atom. The van der Waals surface area contributed by atoms with Gasteiger partial charge in [-0.15, -0.1) is 0 Å². The minimum atomic E-state index is -0.286. The molecule has 0 spiro atoms. The van der Waals surface area contributed by atoms with Gasteiger partial charge in [-0.25, -0.2) is 9.37 Å². The third kappa shape index (κ3) is 4.14. The van der Waals surface area contributed by atoms with Gasteiger partial charge in [-0.3, -0.25) is 0 Å². The first-order chi connectivity index (χ1) is 9.93. The first kappa shape index (κ1) is 16.2. The predicted octanol–water partition coefficient (Wildman–Crippen LogP) is 2.72. The van der Waals surface area contributed by atoms with Crippen LogP contribution in [0.2, 0.25) is 0 Å². The van der Waals surface area contributed by atoms with E-state index in [1.54, 1.807) is 13.2 Å². The van der Waals surface area contributed by atoms with Gasteiger partial charge in [-0.05, 0) is 25.8 Å². The number of nitrogens with one attached hydrogen (secondary N) is 1. The highest BCUT2D eigenvalue weighted by Gasteiger charge is 2.32. The fourth-order valence-electron chi connectivity index (χ4n) is 2.76. The molecule has 2 heterocycles. The summed E-state index contributed by atoms with van der Waals surface area (Å²) in [4.78, 5) is 6.55. The first-order valence-corrected chi connectivity index (χ1v) is 7.61. The monoisotopic (exact) mass is 295 g/mol.